The second-order valence-corrected chi connectivity index (χ2v) is 9.09. The van der Waals surface area contributed by atoms with E-state index in [2.05, 4.69) is 0 Å². The molecule has 0 N–H and O–H groups in total. The number of carbonyl (C=O) groups is 2. The summed E-state index contributed by atoms with van der Waals surface area (Å²) >= 11 is 0. The highest BCUT2D eigenvalue weighted by molar-refractivity contribution is 5.95. The summed E-state index contributed by atoms with van der Waals surface area (Å²) in [4.78, 5) is 26.3. The van der Waals surface area contributed by atoms with E-state index < -0.39 is 11.9 Å². The third-order valence-corrected chi connectivity index (χ3v) is 5.63. The van der Waals surface area contributed by atoms with Crippen molar-refractivity contribution in [2.75, 3.05) is 0 Å². The first-order valence-corrected chi connectivity index (χ1v) is 11.5. The van der Waals surface area contributed by atoms with Crippen LogP contribution in [0.25, 0.3) is 0 Å². The van der Waals surface area contributed by atoms with Gasteiger partial charge in [-0.05, 0) is 47.1 Å². The van der Waals surface area contributed by atoms with Crippen molar-refractivity contribution in [3.63, 3.8) is 0 Å². The minimum atomic E-state index is -0.472. The number of benzene rings is 3. The van der Waals surface area contributed by atoms with Gasteiger partial charge < -0.3 is 9.47 Å². The predicted molar refractivity (Wildman–Crippen MR) is 132 cm³/mol. The molecular weight excluding hydrogens is 412 g/mol. The molecule has 0 aromatic heterocycles. The lowest BCUT2D eigenvalue weighted by Crippen LogP contribution is -2.16. The molecule has 0 unspecified atom stereocenters. The second kappa shape index (κ2) is 10.5. The van der Waals surface area contributed by atoms with Crippen molar-refractivity contribution < 1.29 is 19.1 Å². The molecule has 4 heteroatoms. The SMILES string of the molecule is CC(C)c1ccccc1C(=O)Oc1cccc(C(C)C)c1OC(=O)c1ccccc1C(C)C. The van der Waals surface area contributed by atoms with Gasteiger partial charge in [-0.3, -0.25) is 0 Å². The standard InChI is InChI=1S/C29H32O4/c1-18(2)21-12-7-9-14-24(21)28(30)32-26-17-11-16-23(20(5)6)27(26)33-29(31)25-15-10-8-13-22(25)19(3)4/h7-20H,1-6H3. The van der Waals surface area contributed by atoms with E-state index >= 15 is 0 Å². The van der Waals surface area contributed by atoms with E-state index in [1.165, 1.54) is 0 Å². The summed E-state index contributed by atoms with van der Waals surface area (Å²) in [6.07, 6.45) is 0. The smallest absolute Gasteiger partial charge is 0.343 e. The van der Waals surface area contributed by atoms with Gasteiger partial charge in [-0.15, -0.1) is 0 Å². The van der Waals surface area contributed by atoms with E-state index in [-0.39, 0.29) is 29.3 Å². The molecule has 0 heterocycles. The van der Waals surface area contributed by atoms with Crippen LogP contribution in [-0.4, -0.2) is 11.9 Å². The van der Waals surface area contributed by atoms with Crippen LogP contribution in [0, 0.1) is 0 Å². The molecular formula is C29H32O4. The van der Waals surface area contributed by atoms with Crippen molar-refractivity contribution in [2.24, 2.45) is 0 Å². The molecule has 0 saturated carbocycles. The third kappa shape index (κ3) is 5.51. The molecule has 4 nitrogen and oxygen atoms in total. The van der Waals surface area contributed by atoms with Crippen molar-refractivity contribution in [3.8, 4) is 11.5 Å². The lowest BCUT2D eigenvalue weighted by molar-refractivity contribution is 0.0679. The Kier molecular flexibility index (Phi) is 7.70. The Bertz CT molecular complexity index is 1140. The van der Waals surface area contributed by atoms with Gasteiger partial charge in [-0.1, -0.05) is 90.1 Å². The quantitative estimate of drug-likeness (QED) is 0.280. The van der Waals surface area contributed by atoms with Crippen LogP contribution in [0.3, 0.4) is 0 Å². The first-order valence-electron chi connectivity index (χ1n) is 11.5. The second-order valence-electron chi connectivity index (χ2n) is 9.09. The molecule has 0 saturated heterocycles. The van der Waals surface area contributed by atoms with Gasteiger partial charge in [0.05, 0.1) is 11.1 Å². The number of ether oxygens (including phenoxy) is 2. The molecule has 3 rings (SSSR count). The number of hydrogen-bond acceptors (Lipinski definition) is 4. The van der Waals surface area contributed by atoms with Gasteiger partial charge >= 0.3 is 11.9 Å². The summed E-state index contributed by atoms with van der Waals surface area (Å²) in [6.45, 7) is 12.2. The van der Waals surface area contributed by atoms with Crippen LogP contribution in [0.5, 0.6) is 11.5 Å². The molecule has 33 heavy (non-hydrogen) atoms. The Labute approximate surface area is 196 Å². The maximum atomic E-state index is 13.2. The first kappa shape index (κ1) is 24.2. The Morgan fingerprint density at radius 1 is 0.545 bits per heavy atom. The van der Waals surface area contributed by atoms with Gasteiger partial charge in [0.1, 0.15) is 0 Å². The Balaban J connectivity index is 2.00. The summed E-state index contributed by atoms with van der Waals surface area (Å²) in [7, 11) is 0. The summed E-state index contributed by atoms with van der Waals surface area (Å²) < 4.78 is 11.7. The fourth-order valence-corrected chi connectivity index (χ4v) is 3.85. The van der Waals surface area contributed by atoms with Gasteiger partial charge in [0.15, 0.2) is 11.5 Å². The van der Waals surface area contributed by atoms with E-state index in [0.29, 0.717) is 11.1 Å². The highest BCUT2D eigenvalue weighted by Crippen LogP contribution is 2.37. The van der Waals surface area contributed by atoms with E-state index in [1.54, 1.807) is 18.2 Å². The largest absolute Gasteiger partial charge is 0.419 e. The third-order valence-electron chi connectivity index (χ3n) is 5.63. The van der Waals surface area contributed by atoms with Crippen LogP contribution in [0.4, 0.5) is 0 Å². The minimum Gasteiger partial charge on any atom is -0.419 e. The predicted octanol–water partition coefficient (Wildman–Crippen LogP) is 7.50. The normalized spacial score (nSPS) is 11.2. The average Bonchev–Trinajstić information content (AvgIpc) is 2.79. The lowest BCUT2D eigenvalue weighted by Gasteiger charge is -2.18. The zero-order valence-corrected chi connectivity index (χ0v) is 20.2. The van der Waals surface area contributed by atoms with Gasteiger partial charge in [0, 0.05) is 5.56 Å². The number of rotatable bonds is 7. The number of para-hydroxylation sites is 1. The average molecular weight is 445 g/mol. The molecule has 0 fully saturated rings. The maximum Gasteiger partial charge on any atom is 0.343 e. The fourth-order valence-electron chi connectivity index (χ4n) is 3.85. The van der Waals surface area contributed by atoms with Crippen LogP contribution in [-0.2, 0) is 0 Å². The molecule has 0 aliphatic rings. The minimum absolute atomic E-state index is 0.0646. The van der Waals surface area contributed by atoms with Crippen LogP contribution >= 0.6 is 0 Å². The molecule has 0 aliphatic heterocycles. The van der Waals surface area contributed by atoms with Crippen LogP contribution in [0.15, 0.2) is 66.7 Å². The highest BCUT2D eigenvalue weighted by Gasteiger charge is 2.23. The zero-order valence-electron chi connectivity index (χ0n) is 20.2. The van der Waals surface area contributed by atoms with Crippen molar-refractivity contribution in [1.82, 2.24) is 0 Å². The zero-order chi connectivity index (χ0) is 24.1. The van der Waals surface area contributed by atoms with Crippen molar-refractivity contribution in [3.05, 3.63) is 94.5 Å². The van der Waals surface area contributed by atoms with Gasteiger partial charge in [-0.25, -0.2) is 9.59 Å². The number of hydrogen-bond donors (Lipinski definition) is 0. The molecule has 0 amide bonds. The summed E-state index contributed by atoms with van der Waals surface area (Å²) in [5, 5.41) is 0. The Morgan fingerprint density at radius 2 is 0.970 bits per heavy atom. The van der Waals surface area contributed by atoms with Gasteiger partial charge in [0.25, 0.3) is 0 Å². The topological polar surface area (TPSA) is 52.6 Å². The van der Waals surface area contributed by atoms with Gasteiger partial charge in [-0.2, -0.15) is 0 Å². The maximum absolute atomic E-state index is 13.2. The Morgan fingerprint density at radius 3 is 1.45 bits per heavy atom. The highest BCUT2D eigenvalue weighted by atomic mass is 16.6. The molecule has 3 aromatic carbocycles. The molecule has 0 radical (unpaired) electrons. The van der Waals surface area contributed by atoms with Crippen LogP contribution in [0.1, 0.15) is 96.7 Å². The first-order chi connectivity index (χ1) is 15.7. The molecule has 0 aliphatic carbocycles. The molecule has 3 aromatic rings. The molecule has 0 atom stereocenters. The van der Waals surface area contributed by atoms with Crippen molar-refractivity contribution in [1.29, 1.82) is 0 Å². The summed E-state index contributed by atoms with van der Waals surface area (Å²) in [5.74, 6) is -0.0202. The Hall–Kier alpha value is -3.40. The summed E-state index contributed by atoms with van der Waals surface area (Å²) in [5.41, 5.74) is 3.63. The fraction of sp³-hybridized carbons (Fsp3) is 0.310. The molecule has 0 spiro atoms. The molecule has 0 bridgehead atoms. The van der Waals surface area contributed by atoms with Gasteiger partial charge in [0.2, 0.25) is 0 Å². The summed E-state index contributed by atoms with van der Waals surface area (Å²) in [6, 6.07) is 20.2. The van der Waals surface area contributed by atoms with Crippen molar-refractivity contribution in [2.45, 2.75) is 59.3 Å². The van der Waals surface area contributed by atoms with Crippen LogP contribution in [0.2, 0.25) is 0 Å². The van der Waals surface area contributed by atoms with E-state index in [4.69, 9.17) is 9.47 Å². The van der Waals surface area contributed by atoms with Crippen molar-refractivity contribution >= 4 is 11.9 Å². The van der Waals surface area contributed by atoms with E-state index in [9.17, 15) is 9.59 Å². The van der Waals surface area contributed by atoms with E-state index in [1.807, 2.05) is 90.1 Å². The van der Waals surface area contributed by atoms with E-state index in [0.717, 1.165) is 16.7 Å². The van der Waals surface area contributed by atoms with Crippen LogP contribution < -0.4 is 9.47 Å². The molecule has 172 valence electrons. The number of esters is 2. The lowest BCUT2D eigenvalue weighted by atomic mass is 9.97. The number of carbonyl (C=O) groups excluding carboxylic acids is 2. The monoisotopic (exact) mass is 444 g/mol.